The fraction of sp³-hybridized carbons (Fsp3) is 0.348. The molecule has 2 aliphatic rings. The average Bonchev–Trinajstić information content (AvgIpc) is 2.86. The van der Waals surface area contributed by atoms with Gasteiger partial charge in [0.2, 0.25) is 0 Å². The number of piperazine rings is 1. The first-order valence-corrected chi connectivity index (χ1v) is 11.7. The lowest BCUT2D eigenvalue weighted by atomic mass is 10.1. The smallest absolute Gasteiger partial charge is 0.168 e. The number of thioether (sulfide) groups is 1. The number of allylic oxidation sites excluding steroid dienone is 2. The molecule has 2 aliphatic heterocycles. The van der Waals surface area contributed by atoms with Gasteiger partial charge in [0, 0.05) is 75.1 Å². The zero-order valence-corrected chi connectivity index (χ0v) is 19.6. The lowest BCUT2D eigenvalue weighted by Gasteiger charge is -2.36. The summed E-state index contributed by atoms with van der Waals surface area (Å²) in [6, 6.07) is 8.10. The van der Waals surface area contributed by atoms with Crippen molar-refractivity contribution in [2.24, 2.45) is 16.5 Å². The molecule has 0 saturated carbocycles. The Morgan fingerprint density at radius 1 is 1.21 bits per heavy atom. The van der Waals surface area contributed by atoms with Crippen LogP contribution in [0.2, 0.25) is 0 Å². The second-order valence-corrected chi connectivity index (χ2v) is 8.69. The van der Waals surface area contributed by atoms with E-state index in [9.17, 15) is 0 Å². The Bertz CT molecular complexity index is 1050. The summed E-state index contributed by atoms with van der Waals surface area (Å²) in [6.07, 6.45) is 6.54. The molecule has 1 fully saturated rings. The molecule has 0 spiro atoms. The fourth-order valence-electron chi connectivity index (χ4n) is 3.76. The summed E-state index contributed by atoms with van der Waals surface area (Å²) in [5.41, 5.74) is 15.0. The Hall–Kier alpha value is -3.08. The van der Waals surface area contributed by atoms with E-state index in [1.165, 1.54) is 24.2 Å². The summed E-state index contributed by atoms with van der Waals surface area (Å²) >= 11 is 1.49. The maximum absolute atomic E-state index is 5.73. The van der Waals surface area contributed by atoms with Crippen LogP contribution in [-0.2, 0) is 11.3 Å². The van der Waals surface area contributed by atoms with Crippen LogP contribution in [-0.4, -0.2) is 66.5 Å². The number of methoxy groups -OCH3 is 1. The van der Waals surface area contributed by atoms with Gasteiger partial charge in [0.05, 0.1) is 18.8 Å². The summed E-state index contributed by atoms with van der Waals surface area (Å²) in [5.74, 6) is 0.772. The lowest BCUT2D eigenvalue weighted by Crippen LogP contribution is -2.47. The number of hydrogen-bond donors (Lipinski definition) is 3. The van der Waals surface area contributed by atoms with Gasteiger partial charge >= 0.3 is 0 Å². The van der Waals surface area contributed by atoms with Crippen LogP contribution in [0, 0.1) is 0 Å². The van der Waals surface area contributed by atoms with E-state index in [2.05, 4.69) is 37.2 Å². The molecule has 0 unspecified atom stereocenters. The maximum atomic E-state index is 5.73. The summed E-state index contributed by atoms with van der Waals surface area (Å²) in [6.45, 7) is 6.34. The van der Waals surface area contributed by atoms with E-state index in [0.29, 0.717) is 6.54 Å². The molecule has 0 atom stereocenters. The Kier molecular flexibility index (Phi) is 7.82. The van der Waals surface area contributed by atoms with Crippen molar-refractivity contribution < 1.29 is 4.74 Å². The van der Waals surface area contributed by atoms with E-state index in [1.54, 1.807) is 13.2 Å². The van der Waals surface area contributed by atoms with Crippen LogP contribution in [0.1, 0.15) is 11.3 Å². The van der Waals surface area contributed by atoms with Crippen molar-refractivity contribution in [3.63, 3.8) is 0 Å². The first-order valence-electron chi connectivity index (χ1n) is 10.9. The third-order valence-electron chi connectivity index (χ3n) is 5.60. The van der Waals surface area contributed by atoms with Crippen molar-refractivity contribution in [2.45, 2.75) is 11.6 Å². The lowest BCUT2D eigenvalue weighted by molar-refractivity contribution is 0.144. The standard InChI is InChI=1S/C23H30N8OS/c1-32-13-12-30-8-10-31(11-9-30)19-5-7-26-21(14-19)29-23-27-16-18-2-3-20(28-22(18)33-23)17(15-25)4-6-24/h2-7,14-15H,8-13,16,24-25H2,1H3,(H,26,27,29)/b6-4-,17-15+. The van der Waals surface area contributed by atoms with Gasteiger partial charge in [0.15, 0.2) is 5.17 Å². The average molecular weight is 467 g/mol. The van der Waals surface area contributed by atoms with E-state index in [0.717, 1.165) is 77.9 Å². The molecule has 1 saturated heterocycles. The Labute approximate surface area is 198 Å². The molecule has 2 aromatic heterocycles. The van der Waals surface area contributed by atoms with E-state index in [1.807, 2.05) is 18.3 Å². The molecule has 2 aromatic rings. The molecular formula is C23H30N8OS. The van der Waals surface area contributed by atoms with Crippen LogP contribution in [0.25, 0.3) is 5.57 Å². The molecule has 0 aromatic carbocycles. The second-order valence-electron chi connectivity index (χ2n) is 7.71. The van der Waals surface area contributed by atoms with Crippen LogP contribution in [0.3, 0.4) is 0 Å². The number of aromatic nitrogens is 2. The number of nitrogens with two attached hydrogens (primary N) is 2. The van der Waals surface area contributed by atoms with Gasteiger partial charge in [0.25, 0.3) is 0 Å². The summed E-state index contributed by atoms with van der Waals surface area (Å²) in [4.78, 5) is 18.7. The highest BCUT2D eigenvalue weighted by Crippen LogP contribution is 2.30. The first-order chi connectivity index (χ1) is 16.2. The second kappa shape index (κ2) is 11.2. The predicted octanol–water partition coefficient (Wildman–Crippen LogP) is 2.09. The minimum Gasteiger partial charge on any atom is -0.405 e. The molecule has 0 bridgehead atoms. The Morgan fingerprint density at radius 3 is 2.82 bits per heavy atom. The van der Waals surface area contributed by atoms with Gasteiger partial charge in [0.1, 0.15) is 10.8 Å². The van der Waals surface area contributed by atoms with Crippen LogP contribution in [0.15, 0.2) is 59.0 Å². The van der Waals surface area contributed by atoms with Crippen molar-refractivity contribution in [2.75, 3.05) is 56.7 Å². The van der Waals surface area contributed by atoms with Crippen molar-refractivity contribution >= 4 is 34.0 Å². The number of nitrogens with zero attached hydrogens (tertiary/aromatic N) is 5. The molecule has 9 nitrogen and oxygen atoms in total. The van der Waals surface area contributed by atoms with Crippen LogP contribution in [0.4, 0.5) is 11.5 Å². The summed E-state index contributed by atoms with van der Waals surface area (Å²) in [7, 11) is 1.75. The molecule has 10 heteroatoms. The predicted molar refractivity (Wildman–Crippen MR) is 135 cm³/mol. The third kappa shape index (κ3) is 5.84. The van der Waals surface area contributed by atoms with Gasteiger partial charge in [-0.05, 0) is 36.2 Å². The molecule has 0 aliphatic carbocycles. The number of nitrogens with one attached hydrogen (secondary N) is 1. The van der Waals surface area contributed by atoms with Gasteiger partial charge in [-0.3, -0.25) is 9.89 Å². The molecule has 0 amide bonds. The SMILES string of the molecule is COCCN1CCN(c2ccnc(NC3=NCc4ccc(C(/C=C\N)=C/N)nc4S3)c2)CC1. The topological polar surface area (TPSA) is 118 Å². The summed E-state index contributed by atoms with van der Waals surface area (Å²) < 4.78 is 5.19. The first kappa shape index (κ1) is 23.1. The molecule has 4 heterocycles. The van der Waals surface area contributed by atoms with Crippen molar-refractivity contribution in [3.05, 3.63) is 60.2 Å². The van der Waals surface area contributed by atoms with Gasteiger partial charge in [-0.15, -0.1) is 0 Å². The Balaban J connectivity index is 1.40. The van der Waals surface area contributed by atoms with Crippen molar-refractivity contribution in [1.82, 2.24) is 14.9 Å². The number of pyridine rings is 2. The molecule has 0 radical (unpaired) electrons. The Morgan fingerprint density at radius 2 is 2.06 bits per heavy atom. The van der Waals surface area contributed by atoms with Crippen molar-refractivity contribution in [3.8, 4) is 0 Å². The fourth-order valence-corrected chi connectivity index (χ4v) is 4.63. The largest absolute Gasteiger partial charge is 0.405 e. The van der Waals surface area contributed by atoms with Crippen LogP contribution < -0.4 is 21.7 Å². The van der Waals surface area contributed by atoms with Crippen molar-refractivity contribution in [1.29, 1.82) is 0 Å². The minimum atomic E-state index is 0.565. The number of aliphatic imine (C=N–C) groups is 1. The van der Waals surface area contributed by atoms with Gasteiger partial charge in [-0.1, -0.05) is 6.07 Å². The zero-order valence-electron chi connectivity index (χ0n) is 18.8. The zero-order chi connectivity index (χ0) is 23.0. The van der Waals surface area contributed by atoms with E-state index >= 15 is 0 Å². The number of amidine groups is 1. The van der Waals surface area contributed by atoms with E-state index in [4.69, 9.17) is 21.2 Å². The summed E-state index contributed by atoms with van der Waals surface area (Å²) in [5, 5.41) is 5.03. The van der Waals surface area contributed by atoms with Gasteiger partial charge < -0.3 is 26.4 Å². The molecule has 4 rings (SSSR count). The highest BCUT2D eigenvalue weighted by Gasteiger charge is 2.19. The highest BCUT2D eigenvalue weighted by molar-refractivity contribution is 8.14. The molecule has 33 heavy (non-hydrogen) atoms. The van der Waals surface area contributed by atoms with Crippen LogP contribution in [0.5, 0.6) is 0 Å². The highest BCUT2D eigenvalue weighted by atomic mass is 32.2. The molecule has 174 valence electrons. The molecule has 5 N–H and O–H groups in total. The minimum absolute atomic E-state index is 0.565. The quantitative estimate of drug-likeness (QED) is 0.527. The third-order valence-corrected chi connectivity index (χ3v) is 6.58. The normalized spacial score (nSPS) is 17.2. The number of fused-ring (bicyclic) bond motifs is 1. The number of ether oxygens (including phenoxy) is 1. The van der Waals surface area contributed by atoms with Gasteiger partial charge in [-0.25, -0.2) is 9.97 Å². The maximum Gasteiger partial charge on any atom is 0.168 e. The molecular weight excluding hydrogens is 436 g/mol. The number of hydrogen-bond acceptors (Lipinski definition) is 10. The van der Waals surface area contributed by atoms with E-state index in [-0.39, 0.29) is 0 Å². The van der Waals surface area contributed by atoms with E-state index < -0.39 is 0 Å². The number of anilines is 2. The van der Waals surface area contributed by atoms with Crippen LogP contribution >= 0.6 is 11.8 Å². The van der Waals surface area contributed by atoms with Gasteiger partial charge in [-0.2, -0.15) is 0 Å². The monoisotopic (exact) mass is 466 g/mol. The number of rotatable bonds is 7.